The molecule has 1 aliphatic rings. The topological polar surface area (TPSA) is 78.9 Å². The first-order valence-corrected chi connectivity index (χ1v) is 10.2. The standard InChI is InChI=1S/C23H27FN2O4/c24-19-8-6-17(7-9-19)21(27)16-25-23(29)18-10-13-26(14-11-18)22(28)12-15-30-20-4-2-1-3-5-20/h1-9,18,21,27H,10-16H2,(H,25,29). The van der Waals surface area contributed by atoms with E-state index in [9.17, 15) is 19.1 Å². The number of piperidine rings is 1. The number of para-hydroxylation sites is 1. The summed E-state index contributed by atoms with van der Waals surface area (Å²) in [5.74, 6) is 0.0775. The first-order chi connectivity index (χ1) is 14.5. The van der Waals surface area contributed by atoms with Crippen LogP contribution >= 0.6 is 0 Å². The van der Waals surface area contributed by atoms with Crippen LogP contribution in [0.5, 0.6) is 5.75 Å². The van der Waals surface area contributed by atoms with Gasteiger partial charge >= 0.3 is 0 Å². The minimum absolute atomic E-state index is 0.0246. The molecular formula is C23H27FN2O4. The summed E-state index contributed by atoms with van der Waals surface area (Å²) in [7, 11) is 0. The van der Waals surface area contributed by atoms with E-state index in [4.69, 9.17) is 4.74 Å². The highest BCUT2D eigenvalue weighted by Crippen LogP contribution is 2.19. The maximum absolute atomic E-state index is 13.0. The summed E-state index contributed by atoms with van der Waals surface area (Å²) in [6.45, 7) is 1.45. The molecule has 2 N–H and O–H groups in total. The van der Waals surface area contributed by atoms with Gasteiger partial charge in [-0.15, -0.1) is 0 Å². The fraction of sp³-hybridized carbons (Fsp3) is 0.391. The van der Waals surface area contributed by atoms with E-state index in [1.165, 1.54) is 24.3 Å². The number of carbonyl (C=O) groups is 2. The zero-order chi connectivity index (χ0) is 21.3. The van der Waals surface area contributed by atoms with Gasteiger partial charge in [0.25, 0.3) is 0 Å². The number of ether oxygens (including phenoxy) is 1. The van der Waals surface area contributed by atoms with Crippen LogP contribution in [0, 0.1) is 11.7 Å². The zero-order valence-corrected chi connectivity index (χ0v) is 16.8. The summed E-state index contributed by atoms with van der Waals surface area (Å²) in [6, 6.07) is 14.9. The number of rotatable bonds is 8. The fourth-order valence-electron chi connectivity index (χ4n) is 3.47. The second kappa shape index (κ2) is 10.7. The summed E-state index contributed by atoms with van der Waals surface area (Å²) in [6.07, 6.45) is 0.587. The van der Waals surface area contributed by atoms with Gasteiger partial charge in [0.05, 0.1) is 19.1 Å². The summed E-state index contributed by atoms with van der Waals surface area (Å²) in [5, 5.41) is 12.9. The van der Waals surface area contributed by atoms with Crippen molar-refractivity contribution in [1.82, 2.24) is 10.2 Å². The van der Waals surface area contributed by atoms with Gasteiger partial charge in [-0.1, -0.05) is 30.3 Å². The molecule has 0 saturated carbocycles. The molecule has 0 radical (unpaired) electrons. The number of nitrogens with one attached hydrogen (secondary N) is 1. The van der Waals surface area contributed by atoms with E-state index in [0.29, 0.717) is 44.5 Å². The van der Waals surface area contributed by atoms with Crippen LogP contribution in [0.3, 0.4) is 0 Å². The number of halogens is 1. The quantitative estimate of drug-likeness (QED) is 0.696. The lowest BCUT2D eigenvalue weighted by Crippen LogP contribution is -2.43. The van der Waals surface area contributed by atoms with E-state index in [2.05, 4.69) is 5.32 Å². The third kappa shape index (κ3) is 6.29. The van der Waals surface area contributed by atoms with Crippen molar-refractivity contribution in [3.8, 4) is 5.75 Å². The summed E-state index contributed by atoms with van der Waals surface area (Å²) in [4.78, 5) is 26.5. The lowest BCUT2D eigenvalue weighted by molar-refractivity contribution is -0.136. The van der Waals surface area contributed by atoms with Crippen LogP contribution < -0.4 is 10.1 Å². The molecule has 30 heavy (non-hydrogen) atoms. The van der Waals surface area contributed by atoms with Gasteiger partial charge in [0, 0.05) is 25.6 Å². The van der Waals surface area contributed by atoms with Gasteiger partial charge in [0.1, 0.15) is 11.6 Å². The molecule has 1 saturated heterocycles. The van der Waals surface area contributed by atoms with E-state index in [1.807, 2.05) is 30.3 Å². The van der Waals surface area contributed by atoms with Crippen molar-refractivity contribution < 1.29 is 23.8 Å². The van der Waals surface area contributed by atoms with Crippen LogP contribution in [-0.2, 0) is 9.59 Å². The predicted octanol–water partition coefficient (Wildman–Crippen LogP) is 2.68. The predicted molar refractivity (Wildman–Crippen MR) is 110 cm³/mol. The summed E-state index contributed by atoms with van der Waals surface area (Å²) in [5.41, 5.74) is 0.551. The average molecular weight is 414 g/mol. The number of aliphatic hydroxyl groups is 1. The molecule has 0 aliphatic carbocycles. The molecule has 3 rings (SSSR count). The molecule has 1 atom stereocenters. The molecule has 1 fully saturated rings. The van der Waals surface area contributed by atoms with Crippen molar-refractivity contribution in [3.63, 3.8) is 0 Å². The Balaban J connectivity index is 1.35. The molecule has 2 aromatic rings. The van der Waals surface area contributed by atoms with Crippen molar-refractivity contribution in [2.75, 3.05) is 26.2 Å². The number of hydrogen-bond acceptors (Lipinski definition) is 4. The Morgan fingerprint density at radius 3 is 2.43 bits per heavy atom. The number of carbonyl (C=O) groups excluding carboxylic acids is 2. The van der Waals surface area contributed by atoms with Crippen molar-refractivity contribution in [3.05, 3.63) is 66.0 Å². The van der Waals surface area contributed by atoms with Gasteiger partial charge in [-0.2, -0.15) is 0 Å². The maximum atomic E-state index is 13.0. The van der Waals surface area contributed by atoms with Crippen molar-refractivity contribution in [1.29, 1.82) is 0 Å². The van der Waals surface area contributed by atoms with E-state index < -0.39 is 6.10 Å². The van der Waals surface area contributed by atoms with Gasteiger partial charge in [-0.05, 0) is 42.7 Å². The summed E-state index contributed by atoms with van der Waals surface area (Å²) < 4.78 is 18.5. The molecule has 0 spiro atoms. The minimum Gasteiger partial charge on any atom is -0.493 e. The van der Waals surface area contributed by atoms with Crippen molar-refractivity contribution >= 4 is 11.8 Å². The highest BCUT2D eigenvalue weighted by molar-refractivity contribution is 5.80. The van der Waals surface area contributed by atoms with Crippen molar-refractivity contribution in [2.45, 2.75) is 25.4 Å². The Kier molecular flexibility index (Phi) is 7.79. The van der Waals surface area contributed by atoms with Gasteiger partial charge in [0.15, 0.2) is 0 Å². The minimum atomic E-state index is -0.888. The van der Waals surface area contributed by atoms with Gasteiger partial charge in [-0.25, -0.2) is 4.39 Å². The molecule has 0 aromatic heterocycles. The smallest absolute Gasteiger partial charge is 0.225 e. The molecule has 7 heteroatoms. The maximum Gasteiger partial charge on any atom is 0.225 e. The molecule has 6 nitrogen and oxygen atoms in total. The van der Waals surface area contributed by atoms with E-state index >= 15 is 0 Å². The Labute approximate surface area is 175 Å². The van der Waals surface area contributed by atoms with Crippen LogP contribution in [-0.4, -0.2) is 48.1 Å². The molecule has 1 heterocycles. The Bertz CT molecular complexity index is 821. The van der Waals surface area contributed by atoms with Gasteiger partial charge in [0.2, 0.25) is 11.8 Å². The third-order valence-electron chi connectivity index (χ3n) is 5.27. The highest BCUT2D eigenvalue weighted by Gasteiger charge is 2.27. The second-order valence-corrected chi connectivity index (χ2v) is 7.38. The third-order valence-corrected chi connectivity index (χ3v) is 5.27. The molecule has 160 valence electrons. The fourth-order valence-corrected chi connectivity index (χ4v) is 3.47. The number of aliphatic hydroxyl groups excluding tert-OH is 1. The Hall–Kier alpha value is -2.93. The lowest BCUT2D eigenvalue weighted by atomic mass is 9.95. The van der Waals surface area contributed by atoms with Crippen LogP contribution in [0.15, 0.2) is 54.6 Å². The Morgan fingerprint density at radius 2 is 1.77 bits per heavy atom. The molecule has 2 amide bonds. The monoisotopic (exact) mass is 414 g/mol. The number of benzene rings is 2. The number of amides is 2. The largest absolute Gasteiger partial charge is 0.493 e. The average Bonchev–Trinajstić information content (AvgIpc) is 2.78. The number of likely N-dealkylation sites (tertiary alicyclic amines) is 1. The summed E-state index contributed by atoms with van der Waals surface area (Å²) >= 11 is 0. The number of hydrogen-bond donors (Lipinski definition) is 2. The number of nitrogens with zero attached hydrogens (tertiary/aromatic N) is 1. The molecule has 0 bridgehead atoms. The second-order valence-electron chi connectivity index (χ2n) is 7.38. The highest BCUT2D eigenvalue weighted by atomic mass is 19.1. The first kappa shape index (κ1) is 21.8. The van der Waals surface area contributed by atoms with E-state index in [0.717, 1.165) is 5.75 Å². The van der Waals surface area contributed by atoms with Gasteiger partial charge in [-0.3, -0.25) is 9.59 Å². The molecule has 1 unspecified atom stereocenters. The first-order valence-electron chi connectivity index (χ1n) is 10.2. The van der Waals surface area contributed by atoms with Crippen molar-refractivity contribution in [2.24, 2.45) is 5.92 Å². The van der Waals surface area contributed by atoms with E-state index in [-0.39, 0.29) is 30.1 Å². The van der Waals surface area contributed by atoms with Crippen LogP contribution in [0.25, 0.3) is 0 Å². The normalized spacial score (nSPS) is 15.5. The van der Waals surface area contributed by atoms with E-state index in [1.54, 1.807) is 4.90 Å². The van der Waals surface area contributed by atoms with Gasteiger partial charge < -0.3 is 20.1 Å². The van der Waals surface area contributed by atoms with Crippen LogP contribution in [0.2, 0.25) is 0 Å². The van der Waals surface area contributed by atoms with Crippen LogP contribution in [0.4, 0.5) is 4.39 Å². The molecule has 1 aliphatic heterocycles. The molecular weight excluding hydrogens is 387 g/mol. The Morgan fingerprint density at radius 1 is 1.10 bits per heavy atom. The SMILES string of the molecule is O=C(NCC(O)c1ccc(F)cc1)C1CCN(C(=O)CCOc2ccccc2)CC1. The van der Waals surface area contributed by atoms with Crippen LogP contribution in [0.1, 0.15) is 30.9 Å². The zero-order valence-electron chi connectivity index (χ0n) is 16.8. The lowest BCUT2D eigenvalue weighted by Gasteiger charge is -2.31. The molecule has 2 aromatic carbocycles.